The molecule has 7 nitrogen and oxygen atoms in total. The van der Waals surface area contributed by atoms with Crippen LogP contribution in [0.25, 0.3) is 17.0 Å². The first-order valence-electron chi connectivity index (χ1n) is 9.15. The van der Waals surface area contributed by atoms with Crippen LogP contribution in [0.5, 0.6) is 11.5 Å². The third-order valence-electron chi connectivity index (χ3n) is 4.71. The molecule has 0 radical (unpaired) electrons. The Morgan fingerprint density at radius 1 is 1.25 bits per heavy atom. The Balaban J connectivity index is 2.08. The molecule has 4 rings (SSSR count). The van der Waals surface area contributed by atoms with Gasteiger partial charge in [0.05, 0.1) is 10.9 Å². The van der Waals surface area contributed by atoms with Crippen LogP contribution in [0.15, 0.2) is 21.4 Å². The lowest BCUT2D eigenvalue weighted by Gasteiger charge is -2.30. The molecule has 0 aliphatic carbocycles. The number of ether oxygens (including phenoxy) is 3. The second-order valence-corrected chi connectivity index (χ2v) is 7.45. The highest BCUT2D eigenvalue weighted by molar-refractivity contribution is 6.16. The highest BCUT2D eigenvalue weighted by atomic mass is 16.7. The Morgan fingerprint density at radius 3 is 2.68 bits per heavy atom. The first-order chi connectivity index (χ1) is 13.2. The lowest BCUT2D eigenvalue weighted by molar-refractivity contribution is -0.154. The van der Waals surface area contributed by atoms with Gasteiger partial charge in [-0.15, -0.1) is 0 Å². The van der Waals surface area contributed by atoms with Gasteiger partial charge in [-0.1, -0.05) is 13.3 Å². The zero-order chi connectivity index (χ0) is 20.2. The SMILES string of the molecule is CCCc1cc(=O)oc2c3c(c4c(c12)OC(C)(C)C=C4)OC(OC(C)=O)C3=O. The summed E-state index contributed by atoms with van der Waals surface area (Å²) in [5.74, 6) is -0.523. The average Bonchev–Trinajstić information content (AvgIpc) is 2.90. The molecule has 1 aromatic carbocycles. The highest BCUT2D eigenvalue weighted by Gasteiger charge is 2.42. The van der Waals surface area contributed by atoms with Crippen LogP contribution in [0, 0.1) is 0 Å². The summed E-state index contributed by atoms with van der Waals surface area (Å²) in [6.45, 7) is 6.99. The number of carbonyl (C=O) groups is 2. The summed E-state index contributed by atoms with van der Waals surface area (Å²) in [7, 11) is 0. The van der Waals surface area contributed by atoms with Gasteiger partial charge in [0.1, 0.15) is 16.9 Å². The number of ketones is 1. The molecule has 0 spiro atoms. The molecule has 0 saturated carbocycles. The van der Waals surface area contributed by atoms with Gasteiger partial charge >= 0.3 is 17.9 Å². The summed E-state index contributed by atoms with van der Waals surface area (Å²) in [5, 5.41) is 0.577. The lowest BCUT2D eigenvalue weighted by Crippen LogP contribution is -2.28. The molecular weight excluding hydrogens is 364 g/mol. The zero-order valence-electron chi connectivity index (χ0n) is 16.1. The molecule has 2 aliphatic heterocycles. The maximum absolute atomic E-state index is 12.9. The fourth-order valence-electron chi connectivity index (χ4n) is 3.60. The maximum Gasteiger partial charge on any atom is 0.336 e. The number of carbonyl (C=O) groups excluding carboxylic acids is 2. The number of aryl methyl sites for hydroxylation is 1. The molecule has 0 amide bonds. The van der Waals surface area contributed by atoms with E-state index in [1.54, 1.807) is 0 Å². The number of esters is 1. The predicted molar refractivity (Wildman–Crippen MR) is 101 cm³/mol. The molecular formula is C21H20O7. The van der Waals surface area contributed by atoms with Crippen LogP contribution in [0.4, 0.5) is 0 Å². The number of benzene rings is 1. The quantitative estimate of drug-likeness (QED) is 0.591. The van der Waals surface area contributed by atoms with E-state index < -0.39 is 29.3 Å². The minimum atomic E-state index is -1.41. The van der Waals surface area contributed by atoms with Crippen molar-refractivity contribution in [3.8, 4) is 11.5 Å². The standard InChI is InChI=1S/C21H20O7/c1-5-6-11-9-13(23)26-19-14(11)18-12(7-8-21(3,4)28-18)17-15(19)16(24)20(27-17)25-10(2)22/h7-9,20H,5-6H2,1-4H3. The monoisotopic (exact) mass is 384 g/mol. The Labute approximate surface area is 160 Å². The molecule has 0 N–H and O–H groups in total. The summed E-state index contributed by atoms with van der Waals surface area (Å²) < 4.78 is 22.3. The van der Waals surface area contributed by atoms with Crippen LogP contribution in [-0.2, 0) is 16.0 Å². The van der Waals surface area contributed by atoms with Gasteiger partial charge in [-0.25, -0.2) is 4.79 Å². The van der Waals surface area contributed by atoms with Gasteiger partial charge in [-0.05, 0) is 38.0 Å². The van der Waals surface area contributed by atoms with Crippen molar-refractivity contribution in [3.05, 3.63) is 39.3 Å². The molecule has 0 fully saturated rings. The molecule has 1 atom stereocenters. The van der Waals surface area contributed by atoms with E-state index in [0.717, 1.165) is 12.0 Å². The molecule has 146 valence electrons. The molecule has 7 heteroatoms. The highest BCUT2D eigenvalue weighted by Crippen LogP contribution is 2.49. The fourth-order valence-corrected chi connectivity index (χ4v) is 3.60. The van der Waals surface area contributed by atoms with Gasteiger partial charge in [0, 0.05) is 13.0 Å². The average molecular weight is 384 g/mol. The minimum absolute atomic E-state index is 0.100. The van der Waals surface area contributed by atoms with E-state index in [2.05, 4.69) is 0 Å². The van der Waals surface area contributed by atoms with Crippen molar-refractivity contribution in [3.63, 3.8) is 0 Å². The number of Topliss-reactive ketones (excluding diaryl/α,β-unsaturated/α-hetero) is 1. The van der Waals surface area contributed by atoms with Crippen molar-refractivity contribution in [1.82, 2.24) is 0 Å². The van der Waals surface area contributed by atoms with Crippen LogP contribution >= 0.6 is 0 Å². The van der Waals surface area contributed by atoms with E-state index >= 15 is 0 Å². The Morgan fingerprint density at radius 2 is 2.00 bits per heavy atom. The van der Waals surface area contributed by atoms with Gasteiger partial charge < -0.3 is 18.6 Å². The van der Waals surface area contributed by atoms with E-state index in [4.69, 9.17) is 18.6 Å². The second-order valence-electron chi connectivity index (χ2n) is 7.45. The van der Waals surface area contributed by atoms with E-state index in [9.17, 15) is 14.4 Å². The summed E-state index contributed by atoms with van der Waals surface area (Å²) in [4.78, 5) is 36.5. The molecule has 0 bridgehead atoms. The summed E-state index contributed by atoms with van der Waals surface area (Å²) in [6, 6.07) is 1.43. The smallest absolute Gasteiger partial charge is 0.336 e. The topological polar surface area (TPSA) is 92.0 Å². The number of rotatable bonds is 3. The van der Waals surface area contributed by atoms with Crippen LogP contribution in [0.2, 0.25) is 0 Å². The number of hydrogen-bond donors (Lipinski definition) is 0. The number of hydrogen-bond acceptors (Lipinski definition) is 7. The van der Waals surface area contributed by atoms with Gasteiger partial charge in [0.2, 0.25) is 0 Å². The van der Waals surface area contributed by atoms with Gasteiger partial charge in [-0.3, -0.25) is 9.59 Å². The van der Waals surface area contributed by atoms with Gasteiger partial charge in [-0.2, -0.15) is 0 Å². The van der Waals surface area contributed by atoms with Crippen LogP contribution < -0.4 is 15.1 Å². The second kappa shape index (κ2) is 6.22. The van der Waals surface area contributed by atoms with Gasteiger partial charge in [0.25, 0.3) is 5.78 Å². The normalized spacial score (nSPS) is 19.0. The summed E-state index contributed by atoms with van der Waals surface area (Å²) in [6.07, 6.45) is 3.67. The molecule has 2 aliphatic rings. The third-order valence-corrected chi connectivity index (χ3v) is 4.71. The largest absolute Gasteiger partial charge is 0.482 e. The van der Waals surface area contributed by atoms with E-state index in [1.807, 2.05) is 32.9 Å². The summed E-state index contributed by atoms with van der Waals surface area (Å²) >= 11 is 0. The van der Waals surface area contributed by atoms with Gasteiger partial charge in [0.15, 0.2) is 11.3 Å². The molecule has 0 saturated heterocycles. The molecule has 1 unspecified atom stereocenters. The maximum atomic E-state index is 12.9. The molecule has 2 aromatic rings. The first kappa shape index (κ1) is 18.3. The van der Waals surface area contributed by atoms with Crippen molar-refractivity contribution in [2.45, 2.75) is 52.4 Å². The van der Waals surface area contributed by atoms with Crippen LogP contribution in [0.1, 0.15) is 55.6 Å². The predicted octanol–water partition coefficient (Wildman–Crippen LogP) is 3.39. The lowest BCUT2D eigenvalue weighted by atomic mass is 9.93. The van der Waals surface area contributed by atoms with Crippen LogP contribution in [-0.4, -0.2) is 23.6 Å². The van der Waals surface area contributed by atoms with Crippen molar-refractivity contribution in [2.24, 2.45) is 0 Å². The van der Waals surface area contributed by atoms with E-state index in [0.29, 0.717) is 23.1 Å². The van der Waals surface area contributed by atoms with Crippen molar-refractivity contribution in [2.75, 3.05) is 0 Å². The van der Waals surface area contributed by atoms with E-state index in [-0.39, 0.29) is 16.9 Å². The fraction of sp³-hybridized carbons (Fsp3) is 0.381. The Bertz CT molecular complexity index is 1100. The van der Waals surface area contributed by atoms with E-state index in [1.165, 1.54) is 13.0 Å². The molecule has 28 heavy (non-hydrogen) atoms. The number of fused-ring (bicyclic) bond motifs is 6. The van der Waals surface area contributed by atoms with Crippen LogP contribution in [0.3, 0.4) is 0 Å². The minimum Gasteiger partial charge on any atom is -0.482 e. The summed E-state index contributed by atoms with van der Waals surface area (Å²) in [5.41, 5.74) is 0.357. The zero-order valence-corrected chi connectivity index (χ0v) is 16.1. The first-order valence-corrected chi connectivity index (χ1v) is 9.15. The van der Waals surface area contributed by atoms with Crippen molar-refractivity contribution >= 4 is 28.8 Å². The van der Waals surface area contributed by atoms with Crippen molar-refractivity contribution < 1.29 is 28.2 Å². The van der Waals surface area contributed by atoms with Crippen molar-refractivity contribution in [1.29, 1.82) is 0 Å². The third kappa shape index (κ3) is 2.78. The Hall–Kier alpha value is -3.09. The Kier molecular flexibility index (Phi) is 4.06. The molecule has 3 heterocycles. The molecule has 1 aromatic heterocycles.